The molecular weight excluding hydrogens is 622 g/mol. The number of hydrogen-bond donors (Lipinski definition) is 3. The van der Waals surface area contributed by atoms with E-state index >= 15 is 0 Å². The van der Waals surface area contributed by atoms with E-state index in [4.69, 9.17) is 9.47 Å². The van der Waals surface area contributed by atoms with Crippen molar-refractivity contribution in [3.63, 3.8) is 0 Å². The quantitative estimate of drug-likeness (QED) is 0.205. The van der Waals surface area contributed by atoms with Gasteiger partial charge in [-0.05, 0) is 82.7 Å². The summed E-state index contributed by atoms with van der Waals surface area (Å²) < 4.78 is 11.2. The van der Waals surface area contributed by atoms with E-state index in [1.54, 1.807) is 53.7 Å². The van der Waals surface area contributed by atoms with Gasteiger partial charge in [-0.15, -0.1) is 0 Å². The molecule has 1 aliphatic carbocycles. The highest BCUT2D eigenvalue weighted by molar-refractivity contribution is 5.94. The van der Waals surface area contributed by atoms with Gasteiger partial charge in [-0.1, -0.05) is 79.7 Å². The Morgan fingerprint density at radius 3 is 1.80 bits per heavy atom. The lowest BCUT2D eigenvalue weighted by Gasteiger charge is -2.36. The molecule has 49 heavy (non-hydrogen) atoms. The molecule has 0 bridgehead atoms. The third-order valence-electron chi connectivity index (χ3n) is 7.95. The molecule has 3 N–H and O–H groups in total. The summed E-state index contributed by atoms with van der Waals surface area (Å²) in [6.07, 6.45) is 0.146. The van der Waals surface area contributed by atoms with E-state index in [1.807, 2.05) is 67.6 Å². The molecule has 0 heterocycles. The molecule has 262 valence electrons. The van der Waals surface area contributed by atoms with E-state index in [-0.39, 0.29) is 30.6 Å². The van der Waals surface area contributed by atoms with Crippen molar-refractivity contribution in [3.05, 3.63) is 102 Å². The Morgan fingerprint density at radius 2 is 1.31 bits per heavy atom. The molecule has 4 rings (SSSR count). The minimum absolute atomic E-state index is 0.0569. The number of rotatable bonds is 12. The fraction of sp³-hybridized carbons (Fsp3) is 0.436. The van der Waals surface area contributed by atoms with Crippen molar-refractivity contribution in [1.82, 2.24) is 15.5 Å². The second-order valence-electron chi connectivity index (χ2n) is 14.7. The van der Waals surface area contributed by atoms with E-state index < -0.39 is 53.2 Å². The van der Waals surface area contributed by atoms with Gasteiger partial charge in [0.05, 0.1) is 0 Å². The number of nitrogens with one attached hydrogen (secondary N) is 2. The van der Waals surface area contributed by atoms with Crippen molar-refractivity contribution in [2.75, 3.05) is 0 Å². The summed E-state index contributed by atoms with van der Waals surface area (Å²) in [5.41, 5.74) is 0.329. The van der Waals surface area contributed by atoms with E-state index in [0.29, 0.717) is 12.0 Å². The summed E-state index contributed by atoms with van der Waals surface area (Å²) in [6, 6.07) is 20.9. The van der Waals surface area contributed by atoms with Gasteiger partial charge in [-0.3, -0.25) is 9.59 Å². The molecule has 5 unspecified atom stereocenters. The zero-order chi connectivity index (χ0) is 35.9. The number of hydrogen-bond acceptors (Lipinski definition) is 7. The van der Waals surface area contributed by atoms with Crippen LogP contribution < -0.4 is 10.6 Å². The van der Waals surface area contributed by atoms with Gasteiger partial charge in [0, 0.05) is 18.9 Å². The van der Waals surface area contributed by atoms with Crippen molar-refractivity contribution in [3.8, 4) is 5.75 Å². The van der Waals surface area contributed by atoms with Gasteiger partial charge in [-0.25, -0.2) is 9.59 Å². The number of ether oxygens (including phenoxy) is 2. The van der Waals surface area contributed by atoms with E-state index in [1.165, 1.54) is 17.0 Å². The topological polar surface area (TPSA) is 134 Å². The Bertz CT molecular complexity index is 1600. The molecule has 0 spiro atoms. The number of nitrogens with zero attached hydrogens (tertiary/aromatic N) is 1. The maximum atomic E-state index is 14.8. The van der Waals surface area contributed by atoms with Gasteiger partial charge < -0.3 is 30.1 Å². The predicted octanol–water partition coefficient (Wildman–Crippen LogP) is 5.88. The van der Waals surface area contributed by atoms with Gasteiger partial charge in [0.2, 0.25) is 11.8 Å². The summed E-state index contributed by atoms with van der Waals surface area (Å²) in [5, 5.41) is 16.2. The minimum Gasteiger partial charge on any atom is -0.508 e. The van der Waals surface area contributed by atoms with Gasteiger partial charge in [-0.2, -0.15) is 0 Å². The number of alkyl carbamates (subject to hydrolysis) is 1. The largest absolute Gasteiger partial charge is 0.508 e. The minimum atomic E-state index is -1.26. The normalized spacial score (nSPS) is 17.5. The number of carbonyl (C=O) groups excluding carboxylic acids is 4. The summed E-state index contributed by atoms with van der Waals surface area (Å²) in [4.78, 5) is 57.5. The highest BCUT2D eigenvalue weighted by atomic mass is 16.6. The molecule has 10 nitrogen and oxygen atoms in total. The Kier molecular flexibility index (Phi) is 11.7. The average molecular weight is 672 g/mol. The Morgan fingerprint density at radius 1 is 0.776 bits per heavy atom. The second-order valence-corrected chi connectivity index (χ2v) is 14.7. The molecule has 3 aromatic rings. The standard InChI is InChI=1S/C39H49N3O7/c1-25-21-32(25)42(35(45)30(22-26-15-10-8-11-16-26)41-37(47)49-39(5,6)7)33(28-19-14-20-29(43)24-28)34(44)40-31(36(46)48-38(2,3)4)23-27-17-12-9-13-18-27/h8-20,24-25,30-33,43H,21-23H2,1-7H3,(H,40,44)(H,41,47). The van der Waals surface area contributed by atoms with E-state index in [9.17, 15) is 24.3 Å². The van der Waals surface area contributed by atoms with E-state index in [2.05, 4.69) is 10.6 Å². The van der Waals surface area contributed by atoms with Crippen LogP contribution in [0, 0.1) is 5.92 Å². The van der Waals surface area contributed by atoms with Crippen LogP contribution in [-0.4, -0.2) is 63.2 Å². The van der Waals surface area contributed by atoms with Crippen LogP contribution in [0.5, 0.6) is 5.75 Å². The lowest BCUT2D eigenvalue weighted by molar-refractivity contribution is -0.159. The maximum absolute atomic E-state index is 14.8. The van der Waals surface area contributed by atoms with E-state index in [0.717, 1.165) is 11.1 Å². The average Bonchev–Trinajstić information content (AvgIpc) is 3.73. The summed E-state index contributed by atoms with van der Waals surface area (Å²) in [7, 11) is 0. The number of carbonyl (C=O) groups is 4. The van der Waals surface area contributed by atoms with Crippen molar-refractivity contribution >= 4 is 23.9 Å². The lowest BCUT2D eigenvalue weighted by Crippen LogP contribution is -2.56. The third-order valence-corrected chi connectivity index (χ3v) is 7.95. The van der Waals surface area contributed by atoms with Crippen LogP contribution in [0.15, 0.2) is 84.9 Å². The van der Waals surface area contributed by atoms with Crippen LogP contribution in [0.2, 0.25) is 0 Å². The Hall–Kier alpha value is -4.86. The van der Waals surface area contributed by atoms with Crippen molar-refractivity contribution in [2.24, 2.45) is 5.92 Å². The Labute approximate surface area is 289 Å². The first-order chi connectivity index (χ1) is 23.0. The van der Waals surface area contributed by atoms with Gasteiger partial charge >= 0.3 is 12.1 Å². The first kappa shape index (κ1) is 37.0. The molecular formula is C39H49N3O7. The number of benzene rings is 3. The molecule has 0 saturated heterocycles. The van der Waals surface area contributed by atoms with Crippen molar-refractivity contribution in [2.45, 2.75) is 103 Å². The molecule has 1 saturated carbocycles. The zero-order valence-electron chi connectivity index (χ0n) is 29.4. The first-order valence-electron chi connectivity index (χ1n) is 16.7. The SMILES string of the molecule is CC1CC1N(C(=O)C(Cc1ccccc1)NC(=O)OC(C)(C)C)C(C(=O)NC(Cc1ccccc1)C(=O)OC(C)(C)C)c1cccc(O)c1. The molecule has 5 atom stereocenters. The number of esters is 1. The number of aromatic hydroxyl groups is 1. The van der Waals surface area contributed by atoms with Gasteiger partial charge in [0.25, 0.3) is 0 Å². The van der Waals surface area contributed by atoms with Crippen LogP contribution in [-0.2, 0) is 36.7 Å². The second kappa shape index (κ2) is 15.6. The predicted molar refractivity (Wildman–Crippen MR) is 186 cm³/mol. The molecule has 3 amide bonds. The molecule has 0 aromatic heterocycles. The number of amides is 3. The first-order valence-corrected chi connectivity index (χ1v) is 16.7. The highest BCUT2D eigenvalue weighted by Gasteiger charge is 2.49. The maximum Gasteiger partial charge on any atom is 0.408 e. The van der Waals surface area contributed by atoms with Gasteiger partial charge in [0.1, 0.15) is 35.1 Å². The molecule has 0 radical (unpaired) electrons. The third kappa shape index (κ3) is 11.1. The monoisotopic (exact) mass is 671 g/mol. The summed E-state index contributed by atoms with van der Waals surface area (Å²) in [5.74, 6) is -1.77. The number of phenols is 1. The zero-order valence-corrected chi connectivity index (χ0v) is 29.4. The smallest absolute Gasteiger partial charge is 0.408 e. The fourth-order valence-corrected chi connectivity index (χ4v) is 5.65. The van der Waals surface area contributed by atoms with Crippen LogP contribution >= 0.6 is 0 Å². The van der Waals surface area contributed by atoms with Gasteiger partial charge in [0.15, 0.2) is 0 Å². The van der Waals surface area contributed by atoms with Crippen LogP contribution in [0.1, 0.15) is 77.6 Å². The fourth-order valence-electron chi connectivity index (χ4n) is 5.65. The van der Waals surface area contributed by atoms with Crippen molar-refractivity contribution in [1.29, 1.82) is 0 Å². The molecule has 0 aliphatic heterocycles. The summed E-state index contributed by atoms with van der Waals surface area (Å²) in [6.45, 7) is 12.4. The molecule has 3 aromatic carbocycles. The summed E-state index contributed by atoms with van der Waals surface area (Å²) >= 11 is 0. The van der Waals surface area contributed by atoms with Crippen LogP contribution in [0.4, 0.5) is 4.79 Å². The Balaban J connectivity index is 1.76. The lowest BCUT2D eigenvalue weighted by atomic mass is 9.98. The highest BCUT2D eigenvalue weighted by Crippen LogP contribution is 2.41. The van der Waals surface area contributed by atoms with Crippen LogP contribution in [0.3, 0.4) is 0 Å². The van der Waals surface area contributed by atoms with Crippen molar-refractivity contribution < 1.29 is 33.8 Å². The molecule has 1 aliphatic rings. The van der Waals surface area contributed by atoms with Crippen LogP contribution in [0.25, 0.3) is 0 Å². The number of phenolic OH excluding ortho intramolecular Hbond substituents is 1. The molecule has 10 heteroatoms. The molecule has 1 fully saturated rings.